The summed E-state index contributed by atoms with van der Waals surface area (Å²) in [5.74, 6) is -17.4. The van der Waals surface area contributed by atoms with Gasteiger partial charge in [-0.3, -0.25) is 9.59 Å². The Balaban J connectivity index is 2.31. The van der Waals surface area contributed by atoms with Gasteiger partial charge in [0.15, 0.2) is 5.78 Å². The number of rotatable bonds is 8. The van der Waals surface area contributed by atoms with E-state index in [1.165, 1.54) is 103 Å². The molecule has 0 heterocycles. The van der Waals surface area contributed by atoms with E-state index in [0.717, 1.165) is 0 Å². The van der Waals surface area contributed by atoms with E-state index in [-0.39, 0.29) is 21.5 Å². The maximum Gasteiger partial charge on any atom is 0.460 e. The van der Waals surface area contributed by atoms with Crippen molar-refractivity contribution in [1.29, 1.82) is 0 Å². The Labute approximate surface area is 225 Å². The van der Waals surface area contributed by atoms with Crippen LogP contribution >= 0.6 is 6.89 Å². The first-order valence-corrected chi connectivity index (χ1v) is 13.6. The molecule has 0 aliphatic rings. The molecule has 4 aromatic rings. The molecular formula is C30H20F7O2P. The minimum Gasteiger partial charge on any atom is -0.288 e. The topological polar surface area (TPSA) is 34.1 Å². The van der Waals surface area contributed by atoms with Gasteiger partial charge >= 0.3 is 18.0 Å². The highest BCUT2D eigenvalue weighted by Crippen LogP contribution is 2.52. The van der Waals surface area contributed by atoms with E-state index in [1.807, 2.05) is 0 Å². The van der Waals surface area contributed by atoms with Gasteiger partial charge in [-0.15, -0.1) is 0 Å². The van der Waals surface area contributed by atoms with E-state index in [0.29, 0.717) is 0 Å². The molecule has 2 nitrogen and oxygen atoms in total. The first kappa shape index (κ1) is 29.0. The predicted molar refractivity (Wildman–Crippen MR) is 142 cm³/mol. The molecule has 4 aromatic carbocycles. The van der Waals surface area contributed by atoms with Crippen LogP contribution in [0, 0.1) is 0 Å². The highest BCUT2D eigenvalue weighted by molar-refractivity contribution is 7.97. The molecule has 0 fully saturated rings. The summed E-state index contributed by atoms with van der Waals surface area (Å²) < 4.78 is 99.2. The molecule has 0 unspecified atom stereocenters. The third-order valence-electron chi connectivity index (χ3n) is 6.27. The number of carbonyl (C=O) groups excluding carboxylic acids is 2. The summed E-state index contributed by atoms with van der Waals surface area (Å²) in [6.07, 6.45) is -6.78. The molecule has 0 aliphatic carbocycles. The van der Waals surface area contributed by atoms with Crippen molar-refractivity contribution in [2.24, 2.45) is 0 Å². The maximum absolute atomic E-state index is 15.3. The summed E-state index contributed by atoms with van der Waals surface area (Å²) in [5.41, 5.74) is -0.329. The predicted octanol–water partition coefficient (Wildman–Crippen LogP) is 6.44. The molecule has 10 heteroatoms. The fourth-order valence-corrected chi connectivity index (χ4v) is 8.80. The van der Waals surface area contributed by atoms with Crippen LogP contribution in [0.1, 0.15) is 10.4 Å². The van der Waals surface area contributed by atoms with Crippen molar-refractivity contribution in [3.05, 3.63) is 127 Å². The average Bonchev–Trinajstić information content (AvgIpc) is 2.96. The maximum atomic E-state index is 15.3. The Kier molecular flexibility index (Phi) is 7.90. The van der Waals surface area contributed by atoms with Gasteiger partial charge in [-0.2, -0.15) is 30.7 Å². The van der Waals surface area contributed by atoms with Gasteiger partial charge in [0.1, 0.15) is 0 Å². The number of alkyl halides is 7. The molecule has 0 amide bonds. The highest BCUT2D eigenvalue weighted by Gasteiger charge is 2.76. The molecule has 40 heavy (non-hydrogen) atoms. The quantitative estimate of drug-likeness (QED) is 0.105. The zero-order valence-corrected chi connectivity index (χ0v) is 21.4. The van der Waals surface area contributed by atoms with Crippen molar-refractivity contribution >= 4 is 39.7 Å². The van der Waals surface area contributed by atoms with E-state index in [9.17, 15) is 31.5 Å². The molecule has 0 saturated carbocycles. The van der Waals surface area contributed by atoms with E-state index in [4.69, 9.17) is 0 Å². The van der Waals surface area contributed by atoms with Gasteiger partial charge in [0, 0.05) is 5.56 Å². The zero-order chi connectivity index (χ0) is 29.2. The lowest BCUT2D eigenvalue weighted by atomic mass is 9.98. The second kappa shape index (κ2) is 10.9. The Morgan fingerprint density at radius 2 is 0.825 bits per heavy atom. The number of hydrogen-bond donors (Lipinski definition) is 0. The molecule has 0 radical (unpaired) electrons. The second-order valence-corrected chi connectivity index (χ2v) is 12.0. The SMILES string of the molecule is O=C(C(C(=O)C(F)(F)C(F)(F)C(F)(F)F)=P(c1ccccc1)(c1ccccc1)c1ccccc1)c1ccccc1. The van der Waals surface area contributed by atoms with Gasteiger partial charge < -0.3 is 0 Å². The van der Waals surface area contributed by atoms with Crippen LogP contribution in [0.3, 0.4) is 0 Å². The summed E-state index contributed by atoms with van der Waals surface area (Å²) in [6.45, 7) is -4.12. The number of Topliss-reactive ketones (excluding diaryl/α,β-unsaturated/α-hetero) is 2. The van der Waals surface area contributed by atoms with Crippen LogP contribution in [0.25, 0.3) is 0 Å². The minimum absolute atomic E-state index is 0.131. The Morgan fingerprint density at radius 1 is 0.500 bits per heavy atom. The van der Waals surface area contributed by atoms with Crippen molar-refractivity contribution in [1.82, 2.24) is 0 Å². The lowest BCUT2D eigenvalue weighted by Crippen LogP contribution is -2.59. The Hall–Kier alpha value is -3.97. The van der Waals surface area contributed by atoms with E-state index in [2.05, 4.69) is 0 Å². The fourth-order valence-electron chi connectivity index (χ4n) is 4.39. The molecule has 4 rings (SSSR count). The molecule has 0 aromatic heterocycles. The van der Waals surface area contributed by atoms with Crippen LogP contribution in [0.5, 0.6) is 0 Å². The number of benzene rings is 4. The number of halogens is 7. The number of carbonyl (C=O) groups is 2. The minimum atomic E-state index is -6.78. The smallest absolute Gasteiger partial charge is 0.288 e. The van der Waals surface area contributed by atoms with Crippen LogP contribution in [-0.2, 0) is 4.79 Å². The van der Waals surface area contributed by atoms with E-state index in [1.54, 1.807) is 18.2 Å². The molecule has 0 aliphatic heterocycles. The van der Waals surface area contributed by atoms with Crippen molar-refractivity contribution in [3.8, 4) is 0 Å². The number of hydrogen-bond acceptors (Lipinski definition) is 2. The summed E-state index contributed by atoms with van der Waals surface area (Å²) in [7, 11) is 0. The monoisotopic (exact) mass is 576 g/mol. The third-order valence-corrected chi connectivity index (χ3v) is 10.6. The first-order chi connectivity index (χ1) is 18.9. The second-order valence-electron chi connectivity index (χ2n) is 8.70. The van der Waals surface area contributed by atoms with Crippen LogP contribution in [-0.4, -0.2) is 34.9 Å². The van der Waals surface area contributed by atoms with Crippen LogP contribution in [0.15, 0.2) is 121 Å². The summed E-state index contributed by atoms with van der Waals surface area (Å²) in [6, 6.07) is 28.8. The largest absolute Gasteiger partial charge is 0.460 e. The van der Waals surface area contributed by atoms with Crippen LogP contribution in [0.2, 0.25) is 0 Å². The van der Waals surface area contributed by atoms with Gasteiger partial charge in [-0.05, 0) is 22.8 Å². The average molecular weight is 576 g/mol. The summed E-state index contributed by atoms with van der Waals surface area (Å²) in [5, 5.41) is -0.959. The van der Waals surface area contributed by atoms with Crippen molar-refractivity contribution in [3.63, 3.8) is 0 Å². The zero-order valence-electron chi connectivity index (χ0n) is 20.5. The van der Waals surface area contributed by atoms with Crippen LogP contribution < -0.4 is 15.9 Å². The first-order valence-electron chi connectivity index (χ1n) is 11.8. The standard InChI is InChI=1S/C30H20F7O2P/c31-28(32,29(33,34)30(35,36)37)27(39)26(25(38)21-13-5-1-6-14-21)40(22-15-7-2-8-16-22,23-17-9-3-10-18-23)24-19-11-4-12-20-24/h1-20H. The molecular weight excluding hydrogens is 556 g/mol. The summed E-state index contributed by atoms with van der Waals surface area (Å²) in [4.78, 5) is 27.8. The lowest BCUT2D eigenvalue weighted by Gasteiger charge is -2.34. The fraction of sp³-hybridized carbons (Fsp3) is 0.100. The molecule has 0 saturated heterocycles. The van der Waals surface area contributed by atoms with E-state index >= 15 is 8.78 Å². The highest BCUT2D eigenvalue weighted by atomic mass is 31.2. The van der Waals surface area contributed by atoms with Gasteiger partial charge in [0.05, 0.1) is 5.29 Å². The molecule has 0 N–H and O–H groups in total. The van der Waals surface area contributed by atoms with Crippen molar-refractivity contribution in [2.45, 2.75) is 18.0 Å². The van der Waals surface area contributed by atoms with Crippen molar-refractivity contribution in [2.75, 3.05) is 0 Å². The van der Waals surface area contributed by atoms with Gasteiger partial charge in [-0.25, -0.2) is 0 Å². The Morgan fingerprint density at radius 3 is 1.15 bits per heavy atom. The molecule has 0 atom stereocenters. The molecule has 0 bridgehead atoms. The number of ketones is 2. The van der Waals surface area contributed by atoms with Gasteiger partial charge in [0.2, 0.25) is 5.78 Å². The Bertz CT molecular complexity index is 1450. The van der Waals surface area contributed by atoms with Gasteiger partial charge in [-0.1, -0.05) is 121 Å². The lowest BCUT2D eigenvalue weighted by molar-refractivity contribution is -0.342. The summed E-state index contributed by atoms with van der Waals surface area (Å²) >= 11 is 0. The molecule has 206 valence electrons. The van der Waals surface area contributed by atoms with Gasteiger partial charge in [0.25, 0.3) is 0 Å². The van der Waals surface area contributed by atoms with Crippen molar-refractivity contribution < 1.29 is 40.3 Å². The normalized spacial score (nSPS) is 12.6. The van der Waals surface area contributed by atoms with E-state index < -0.39 is 41.8 Å². The molecule has 0 spiro atoms. The third kappa shape index (κ3) is 4.79. The van der Waals surface area contributed by atoms with Crippen LogP contribution in [0.4, 0.5) is 30.7 Å².